The van der Waals surface area contributed by atoms with E-state index in [2.05, 4.69) is 25.2 Å². The molecule has 0 fully saturated rings. The number of nitriles is 1. The Balaban J connectivity index is 2.03. The largest absolute Gasteiger partial charge is 0.462 e. The Labute approximate surface area is 186 Å². The van der Waals surface area contributed by atoms with Crippen molar-refractivity contribution in [1.29, 1.82) is 5.26 Å². The Kier molecular flexibility index (Phi) is 6.64. The van der Waals surface area contributed by atoms with Crippen LogP contribution < -0.4 is 5.32 Å². The van der Waals surface area contributed by atoms with Gasteiger partial charge in [-0.1, -0.05) is 49.3 Å². The molecule has 1 aliphatic heterocycles. The molecule has 1 aromatic rings. The van der Waals surface area contributed by atoms with Crippen molar-refractivity contribution < 1.29 is 14.3 Å². The van der Waals surface area contributed by atoms with E-state index in [0.29, 0.717) is 34.0 Å². The average molecular weight is 445 g/mol. The van der Waals surface area contributed by atoms with Crippen molar-refractivity contribution >= 4 is 35.1 Å². The first-order valence-corrected chi connectivity index (χ1v) is 11.2. The zero-order valence-electron chi connectivity index (χ0n) is 17.5. The number of thioether (sulfide) groups is 1. The van der Waals surface area contributed by atoms with Crippen LogP contribution in [0.25, 0.3) is 0 Å². The lowest BCUT2D eigenvalue weighted by atomic mass is 9.69. The fraction of sp³-hybridized carbons (Fsp3) is 0.435. The summed E-state index contributed by atoms with van der Waals surface area (Å²) in [6, 6.07) is 9.50. The second-order valence-electron chi connectivity index (χ2n) is 8.62. The first-order valence-electron chi connectivity index (χ1n) is 9.86. The second kappa shape index (κ2) is 8.87. The molecule has 0 saturated heterocycles. The number of hydrogen-bond acceptors (Lipinski definition) is 6. The molecule has 0 spiro atoms. The van der Waals surface area contributed by atoms with E-state index < -0.39 is 5.92 Å². The number of nitrogens with zero attached hydrogens (tertiary/aromatic N) is 1. The standard InChI is InChI=1S/C23H25ClN2O3S/c1-13(2)29-19(28)12-30-22-16(11-25)20(14-5-7-15(24)8-6-14)21-17(26-22)9-23(3,4)10-18(21)27/h5-8,13,20,26H,9-10,12H2,1-4H3/t20-/m1/s1. The molecule has 1 aliphatic carbocycles. The van der Waals surface area contributed by atoms with E-state index in [1.807, 2.05) is 12.1 Å². The van der Waals surface area contributed by atoms with Gasteiger partial charge in [-0.05, 0) is 43.4 Å². The van der Waals surface area contributed by atoms with E-state index in [1.54, 1.807) is 26.0 Å². The van der Waals surface area contributed by atoms with Crippen molar-refractivity contribution in [3.63, 3.8) is 0 Å². The van der Waals surface area contributed by atoms with E-state index in [1.165, 1.54) is 11.8 Å². The maximum absolute atomic E-state index is 13.1. The highest BCUT2D eigenvalue weighted by molar-refractivity contribution is 8.03. The van der Waals surface area contributed by atoms with Gasteiger partial charge in [-0.3, -0.25) is 9.59 Å². The molecule has 0 bridgehead atoms. The number of carbonyl (C=O) groups is 2. The summed E-state index contributed by atoms with van der Waals surface area (Å²) in [7, 11) is 0. The lowest BCUT2D eigenvalue weighted by Gasteiger charge is -2.39. The third kappa shape index (κ3) is 4.91. The fourth-order valence-electron chi connectivity index (χ4n) is 3.91. The maximum atomic E-state index is 13.1. The van der Waals surface area contributed by atoms with E-state index >= 15 is 0 Å². The molecular formula is C23H25ClN2O3S. The number of carbonyl (C=O) groups excluding carboxylic acids is 2. The molecule has 158 valence electrons. The van der Waals surface area contributed by atoms with Gasteiger partial charge < -0.3 is 10.1 Å². The normalized spacial score (nSPS) is 20.6. The molecule has 0 saturated carbocycles. The molecule has 2 aliphatic rings. The van der Waals surface area contributed by atoms with Crippen LogP contribution in [-0.2, 0) is 14.3 Å². The van der Waals surface area contributed by atoms with Crippen LogP contribution in [0, 0.1) is 16.7 Å². The Morgan fingerprint density at radius 3 is 2.60 bits per heavy atom. The van der Waals surface area contributed by atoms with Gasteiger partial charge >= 0.3 is 5.97 Å². The highest BCUT2D eigenvalue weighted by Crippen LogP contribution is 2.47. The Hall–Kier alpha value is -2.23. The number of nitrogens with one attached hydrogen (secondary N) is 1. The molecule has 5 nitrogen and oxygen atoms in total. The number of hydrogen-bond donors (Lipinski definition) is 1. The number of halogens is 1. The van der Waals surface area contributed by atoms with Crippen molar-refractivity contribution in [3.05, 3.63) is 56.7 Å². The summed E-state index contributed by atoms with van der Waals surface area (Å²) in [6.45, 7) is 7.71. The number of allylic oxidation sites excluding steroid dienone is 3. The number of rotatable bonds is 5. The monoisotopic (exact) mass is 444 g/mol. The number of esters is 1. The van der Waals surface area contributed by atoms with Crippen molar-refractivity contribution in [1.82, 2.24) is 5.32 Å². The molecule has 3 rings (SSSR count). The SMILES string of the molecule is CC(C)OC(=O)CSC1=C(C#N)[C@@H](c2ccc(Cl)cc2)C2=C(CC(C)(C)CC2=O)N1. The van der Waals surface area contributed by atoms with Gasteiger partial charge in [0, 0.05) is 22.7 Å². The van der Waals surface area contributed by atoms with Gasteiger partial charge in [-0.25, -0.2) is 0 Å². The molecule has 1 heterocycles. The minimum Gasteiger partial charge on any atom is -0.462 e. The van der Waals surface area contributed by atoms with Gasteiger partial charge in [-0.15, -0.1) is 0 Å². The molecular weight excluding hydrogens is 420 g/mol. The maximum Gasteiger partial charge on any atom is 0.316 e. The minimum absolute atomic E-state index is 0.0460. The van der Waals surface area contributed by atoms with Crippen molar-refractivity contribution in [2.75, 3.05) is 5.75 Å². The predicted molar refractivity (Wildman–Crippen MR) is 119 cm³/mol. The van der Waals surface area contributed by atoms with Crippen molar-refractivity contribution in [2.24, 2.45) is 5.41 Å². The number of benzene rings is 1. The summed E-state index contributed by atoms with van der Waals surface area (Å²) >= 11 is 7.29. The van der Waals surface area contributed by atoms with Crippen LogP contribution in [0.1, 0.15) is 52.0 Å². The molecule has 1 aromatic carbocycles. The first kappa shape index (κ1) is 22.5. The minimum atomic E-state index is -0.476. The molecule has 1 N–H and O–H groups in total. The zero-order chi connectivity index (χ0) is 22.1. The van der Waals surface area contributed by atoms with Gasteiger partial charge in [-0.2, -0.15) is 5.26 Å². The van der Waals surface area contributed by atoms with Gasteiger partial charge in [0.15, 0.2) is 5.78 Å². The number of ketones is 1. The highest BCUT2D eigenvalue weighted by atomic mass is 35.5. The van der Waals surface area contributed by atoms with Crippen LogP contribution in [-0.4, -0.2) is 23.6 Å². The van der Waals surface area contributed by atoms with Crippen LogP contribution in [0.2, 0.25) is 5.02 Å². The van der Waals surface area contributed by atoms with Crippen LogP contribution in [0.3, 0.4) is 0 Å². The molecule has 30 heavy (non-hydrogen) atoms. The quantitative estimate of drug-likeness (QED) is 0.637. The van der Waals surface area contributed by atoms with Crippen LogP contribution >= 0.6 is 23.4 Å². The Morgan fingerprint density at radius 1 is 1.33 bits per heavy atom. The molecule has 0 unspecified atom stereocenters. The van der Waals surface area contributed by atoms with Crippen LogP contribution in [0.5, 0.6) is 0 Å². The summed E-state index contributed by atoms with van der Waals surface area (Å²) in [5.41, 5.74) is 2.56. The lowest BCUT2D eigenvalue weighted by molar-refractivity contribution is -0.144. The number of dihydropyridines is 1. The van der Waals surface area contributed by atoms with Gasteiger partial charge in [0.05, 0.1) is 34.4 Å². The topological polar surface area (TPSA) is 79.2 Å². The Bertz CT molecular complexity index is 971. The summed E-state index contributed by atoms with van der Waals surface area (Å²) in [5, 5.41) is 14.5. The average Bonchev–Trinajstić information content (AvgIpc) is 2.64. The molecule has 0 amide bonds. The summed E-state index contributed by atoms with van der Waals surface area (Å²) < 4.78 is 5.22. The zero-order valence-corrected chi connectivity index (χ0v) is 19.1. The summed E-state index contributed by atoms with van der Waals surface area (Å²) in [5.74, 6) is -0.691. The molecule has 0 radical (unpaired) electrons. The van der Waals surface area contributed by atoms with E-state index in [4.69, 9.17) is 16.3 Å². The fourth-order valence-corrected chi connectivity index (χ4v) is 4.88. The first-order chi connectivity index (χ1) is 14.1. The number of ether oxygens (including phenoxy) is 1. The molecule has 7 heteroatoms. The van der Waals surface area contributed by atoms with E-state index in [0.717, 1.165) is 11.3 Å². The summed E-state index contributed by atoms with van der Waals surface area (Å²) in [4.78, 5) is 25.2. The summed E-state index contributed by atoms with van der Waals surface area (Å²) in [6.07, 6.45) is 0.923. The number of Topliss-reactive ketones (excluding diaryl/α,β-unsaturated/α-hetero) is 1. The molecule has 0 aromatic heterocycles. The van der Waals surface area contributed by atoms with E-state index in [-0.39, 0.29) is 29.0 Å². The van der Waals surface area contributed by atoms with Crippen LogP contribution in [0.4, 0.5) is 0 Å². The third-order valence-corrected chi connectivity index (χ3v) is 6.27. The van der Waals surface area contributed by atoms with Crippen LogP contribution in [0.15, 0.2) is 46.1 Å². The van der Waals surface area contributed by atoms with Gasteiger partial charge in [0.2, 0.25) is 0 Å². The smallest absolute Gasteiger partial charge is 0.316 e. The van der Waals surface area contributed by atoms with Gasteiger partial charge in [0.1, 0.15) is 0 Å². The Morgan fingerprint density at radius 2 is 2.00 bits per heavy atom. The van der Waals surface area contributed by atoms with Gasteiger partial charge in [0.25, 0.3) is 0 Å². The van der Waals surface area contributed by atoms with Crippen molar-refractivity contribution in [2.45, 2.75) is 52.6 Å². The van der Waals surface area contributed by atoms with Crippen molar-refractivity contribution in [3.8, 4) is 6.07 Å². The highest BCUT2D eigenvalue weighted by Gasteiger charge is 2.41. The predicted octanol–water partition coefficient (Wildman–Crippen LogP) is 5.09. The lowest BCUT2D eigenvalue weighted by Crippen LogP contribution is -2.37. The second-order valence-corrected chi connectivity index (χ2v) is 10.0. The molecule has 1 atom stereocenters. The van der Waals surface area contributed by atoms with E-state index in [9.17, 15) is 14.9 Å². The third-order valence-electron chi connectivity index (χ3n) is 5.03.